The van der Waals surface area contributed by atoms with Crippen LogP contribution in [0.1, 0.15) is 44.9 Å². The summed E-state index contributed by atoms with van der Waals surface area (Å²) in [5.74, 6) is 0.464. The van der Waals surface area contributed by atoms with Crippen LogP contribution in [-0.2, 0) is 9.53 Å². The maximum absolute atomic E-state index is 10.8. The van der Waals surface area contributed by atoms with Gasteiger partial charge in [0, 0.05) is 0 Å². The zero-order valence-corrected chi connectivity index (χ0v) is 8.87. The van der Waals surface area contributed by atoms with Crippen LogP contribution in [0, 0.1) is 5.92 Å². The van der Waals surface area contributed by atoms with Gasteiger partial charge in [0.05, 0.1) is 19.6 Å². The molecule has 0 aliphatic heterocycles. The average Bonchev–Trinajstić information content (AvgIpc) is 2.67. The molecule has 0 aromatic rings. The molecule has 14 heavy (non-hydrogen) atoms. The summed E-state index contributed by atoms with van der Waals surface area (Å²) in [6, 6.07) is 0. The van der Waals surface area contributed by atoms with Gasteiger partial charge in [-0.3, -0.25) is 4.79 Å². The van der Waals surface area contributed by atoms with Crippen molar-refractivity contribution in [3.63, 3.8) is 0 Å². The highest BCUT2D eigenvalue weighted by atomic mass is 16.5. The van der Waals surface area contributed by atoms with E-state index in [2.05, 4.69) is 4.74 Å². The number of methoxy groups -OCH3 is 1. The third-order valence-electron chi connectivity index (χ3n) is 3.01. The maximum Gasteiger partial charge on any atom is 0.308 e. The third kappa shape index (κ3) is 4.09. The number of carbonyl (C=O) groups is 1. The highest BCUT2D eigenvalue weighted by Crippen LogP contribution is 2.29. The van der Waals surface area contributed by atoms with Gasteiger partial charge in [-0.25, -0.2) is 0 Å². The van der Waals surface area contributed by atoms with E-state index in [1.807, 2.05) is 0 Å². The van der Waals surface area contributed by atoms with Crippen LogP contribution in [0.15, 0.2) is 0 Å². The molecule has 0 bridgehead atoms. The Morgan fingerprint density at radius 2 is 2.14 bits per heavy atom. The molecule has 0 amide bonds. The summed E-state index contributed by atoms with van der Waals surface area (Å²) in [4.78, 5) is 10.8. The van der Waals surface area contributed by atoms with Gasteiger partial charge in [-0.1, -0.05) is 25.7 Å². The third-order valence-corrected chi connectivity index (χ3v) is 3.01. The lowest BCUT2D eigenvalue weighted by Crippen LogP contribution is -2.15. The molecule has 0 spiro atoms. The van der Waals surface area contributed by atoms with Gasteiger partial charge in [0.25, 0.3) is 0 Å². The monoisotopic (exact) mass is 200 g/mol. The molecular formula is C11H20O3. The lowest BCUT2D eigenvalue weighted by atomic mass is 9.98. The summed E-state index contributed by atoms with van der Waals surface area (Å²) >= 11 is 0. The molecule has 1 atom stereocenters. The number of aliphatic hydroxyl groups is 1. The molecule has 3 nitrogen and oxygen atoms in total. The van der Waals surface area contributed by atoms with Gasteiger partial charge in [0.2, 0.25) is 0 Å². The Kier molecular flexibility index (Phi) is 4.94. The first-order valence-electron chi connectivity index (χ1n) is 5.47. The largest absolute Gasteiger partial charge is 0.469 e. The minimum absolute atomic E-state index is 0.142. The van der Waals surface area contributed by atoms with Crippen LogP contribution in [-0.4, -0.2) is 24.3 Å². The van der Waals surface area contributed by atoms with E-state index < -0.39 is 6.10 Å². The molecular weight excluding hydrogens is 180 g/mol. The molecule has 0 aromatic heterocycles. The van der Waals surface area contributed by atoms with Crippen LogP contribution in [0.25, 0.3) is 0 Å². The molecule has 1 aliphatic rings. The van der Waals surface area contributed by atoms with Crippen molar-refractivity contribution < 1.29 is 14.6 Å². The van der Waals surface area contributed by atoms with Crippen molar-refractivity contribution in [1.82, 2.24) is 0 Å². The van der Waals surface area contributed by atoms with Crippen molar-refractivity contribution in [2.45, 2.75) is 51.0 Å². The van der Waals surface area contributed by atoms with Gasteiger partial charge in [-0.2, -0.15) is 0 Å². The second kappa shape index (κ2) is 6.02. The standard InChI is InChI=1S/C11H20O3/c1-14-11(13)8-10(12)7-6-9-4-2-3-5-9/h9-10,12H,2-8H2,1H3/t10-/m1/s1. The topological polar surface area (TPSA) is 46.5 Å². The van der Waals surface area contributed by atoms with E-state index in [4.69, 9.17) is 0 Å². The minimum Gasteiger partial charge on any atom is -0.469 e. The van der Waals surface area contributed by atoms with E-state index in [-0.39, 0.29) is 12.4 Å². The van der Waals surface area contributed by atoms with Crippen molar-refractivity contribution in [2.75, 3.05) is 7.11 Å². The molecule has 0 aromatic carbocycles. The molecule has 82 valence electrons. The Balaban J connectivity index is 2.07. The van der Waals surface area contributed by atoms with Gasteiger partial charge in [-0.05, 0) is 18.8 Å². The second-order valence-electron chi connectivity index (χ2n) is 4.16. The maximum atomic E-state index is 10.8. The first-order chi connectivity index (χ1) is 6.72. The second-order valence-corrected chi connectivity index (χ2v) is 4.16. The fourth-order valence-electron chi connectivity index (χ4n) is 2.10. The van der Waals surface area contributed by atoms with E-state index in [9.17, 15) is 9.90 Å². The molecule has 1 rings (SSSR count). The average molecular weight is 200 g/mol. The molecule has 1 aliphatic carbocycles. The van der Waals surface area contributed by atoms with Crippen LogP contribution in [0.2, 0.25) is 0 Å². The smallest absolute Gasteiger partial charge is 0.308 e. The number of carbonyl (C=O) groups excluding carboxylic acids is 1. The normalized spacial score (nSPS) is 19.6. The summed E-state index contributed by atoms with van der Waals surface area (Å²) in [6.45, 7) is 0. The predicted octanol–water partition coefficient (Wildman–Crippen LogP) is 1.88. The first-order valence-corrected chi connectivity index (χ1v) is 5.47. The van der Waals surface area contributed by atoms with E-state index in [1.54, 1.807) is 0 Å². The predicted molar refractivity (Wildman–Crippen MR) is 53.8 cm³/mol. The Hall–Kier alpha value is -0.570. The summed E-state index contributed by atoms with van der Waals surface area (Å²) in [5, 5.41) is 9.51. The van der Waals surface area contributed by atoms with E-state index in [0.717, 1.165) is 18.8 Å². The zero-order valence-electron chi connectivity index (χ0n) is 8.87. The fraction of sp³-hybridized carbons (Fsp3) is 0.909. The Labute approximate surface area is 85.5 Å². The highest BCUT2D eigenvalue weighted by Gasteiger charge is 2.17. The van der Waals surface area contributed by atoms with Crippen LogP contribution in [0.3, 0.4) is 0 Å². The van der Waals surface area contributed by atoms with Crippen LogP contribution in [0.4, 0.5) is 0 Å². The molecule has 1 N–H and O–H groups in total. The van der Waals surface area contributed by atoms with Crippen molar-refractivity contribution in [3.8, 4) is 0 Å². The van der Waals surface area contributed by atoms with Crippen LogP contribution in [0.5, 0.6) is 0 Å². The molecule has 0 saturated heterocycles. The zero-order chi connectivity index (χ0) is 10.4. The van der Waals surface area contributed by atoms with Crippen molar-refractivity contribution in [1.29, 1.82) is 0 Å². The molecule has 0 heterocycles. The highest BCUT2D eigenvalue weighted by molar-refractivity contribution is 5.69. The first kappa shape index (κ1) is 11.5. The lowest BCUT2D eigenvalue weighted by molar-refractivity contribution is -0.142. The van der Waals surface area contributed by atoms with Gasteiger partial charge in [-0.15, -0.1) is 0 Å². The van der Waals surface area contributed by atoms with Crippen LogP contribution < -0.4 is 0 Å². The van der Waals surface area contributed by atoms with Crippen molar-refractivity contribution in [3.05, 3.63) is 0 Å². The number of aliphatic hydroxyl groups excluding tert-OH is 1. The summed E-state index contributed by atoms with van der Waals surface area (Å²) in [6.07, 6.45) is 6.68. The molecule has 1 fully saturated rings. The number of hydrogen-bond donors (Lipinski definition) is 1. The Morgan fingerprint density at radius 3 is 2.71 bits per heavy atom. The number of rotatable bonds is 5. The summed E-state index contributed by atoms with van der Waals surface area (Å²) in [7, 11) is 1.35. The van der Waals surface area contributed by atoms with Gasteiger partial charge in [0.15, 0.2) is 0 Å². The van der Waals surface area contributed by atoms with E-state index in [0.29, 0.717) is 0 Å². The summed E-state index contributed by atoms with van der Waals surface area (Å²) < 4.78 is 4.49. The van der Waals surface area contributed by atoms with Crippen molar-refractivity contribution >= 4 is 5.97 Å². The fourth-order valence-corrected chi connectivity index (χ4v) is 2.10. The quantitative estimate of drug-likeness (QED) is 0.689. The molecule has 1 saturated carbocycles. The van der Waals surface area contributed by atoms with Crippen molar-refractivity contribution in [2.24, 2.45) is 5.92 Å². The lowest BCUT2D eigenvalue weighted by Gasteiger charge is -2.12. The number of hydrogen-bond acceptors (Lipinski definition) is 3. The van der Waals surface area contributed by atoms with E-state index in [1.165, 1.54) is 32.8 Å². The Bertz CT molecular complexity index is 173. The molecule has 0 unspecified atom stereocenters. The number of ether oxygens (including phenoxy) is 1. The van der Waals surface area contributed by atoms with Crippen LogP contribution >= 0.6 is 0 Å². The summed E-state index contributed by atoms with van der Waals surface area (Å²) in [5.41, 5.74) is 0. The molecule has 3 heteroatoms. The van der Waals surface area contributed by atoms with Gasteiger partial charge < -0.3 is 9.84 Å². The molecule has 0 radical (unpaired) electrons. The number of esters is 1. The van der Waals surface area contributed by atoms with Gasteiger partial charge in [0.1, 0.15) is 0 Å². The Morgan fingerprint density at radius 1 is 1.50 bits per heavy atom. The SMILES string of the molecule is COC(=O)C[C@H](O)CCC1CCCC1. The minimum atomic E-state index is -0.511. The van der Waals surface area contributed by atoms with E-state index >= 15 is 0 Å². The van der Waals surface area contributed by atoms with Gasteiger partial charge >= 0.3 is 5.97 Å².